The molecule has 0 rings (SSSR count). The topological polar surface area (TPSA) is 52.0 Å². The maximum atomic E-state index is 5.84. The van der Waals surface area contributed by atoms with Crippen LogP contribution < -0.4 is 11.5 Å². The molecule has 0 bridgehead atoms. The Kier molecular flexibility index (Phi) is 6.57. The van der Waals surface area contributed by atoms with Crippen molar-refractivity contribution in [3.8, 4) is 0 Å². The van der Waals surface area contributed by atoms with Gasteiger partial charge < -0.3 is 11.5 Å². The van der Waals surface area contributed by atoms with Crippen molar-refractivity contribution in [3.63, 3.8) is 0 Å². The van der Waals surface area contributed by atoms with Gasteiger partial charge in [-0.05, 0) is 31.7 Å². The molecule has 4 N–H and O–H groups in total. The molecule has 0 heterocycles. The molecule has 68 valence electrons. The fourth-order valence-electron chi connectivity index (χ4n) is 1.32. The van der Waals surface area contributed by atoms with E-state index in [9.17, 15) is 0 Å². The van der Waals surface area contributed by atoms with E-state index in [2.05, 4.69) is 13.8 Å². The summed E-state index contributed by atoms with van der Waals surface area (Å²) >= 11 is 0. The molecule has 2 atom stereocenters. The summed E-state index contributed by atoms with van der Waals surface area (Å²) in [6.07, 6.45) is 4.57. The molecule has 0 aliphatic rings. The largest absolute Gasteiger partial charge is 0.330 e. The zero-order valence-corrected chi connectivity index (χ0v) is 7.84. The minimum absolute atomic E-state index is 0.381. The molecule has 0 amide bonds. The van der Waals surface area contributed by atoms with Gasteiger partial charge in [0.05, 0.1) is 0 Å². The fraction of sp³-hybridized carbons (Fsp3) is 1.00. The number of rotatable bonds is 6. The molecule has 0 aliphatic heterocycles. The Labute approximate surface area is 70.3 Å². The zero-order valence-electron chi connectivity index (χ0n) is 7.84. The Bertz CT molecular complexity index is 83.6. The lowest BCUT2D eigenvalue weighted by Gasteiger charge is -2.17. The third-order valence-electron chi connectivity index (χ3n) is 2.31. The van der Waals surface area contributed by atoms with E-state index in [1.165, 1.54) is 6.42 Å². The van der Waals surface area contributed by atoms with Gasteiger partial charge >= 0.3 is 0 Å². The van der Waals surface area contributed by atoms with Crippen molar-refractivity contribution in [2.75, 3.05) is 6.54 Å². The Hall–Kier alpha value is -0.0800. The van der Waals surface area contributed by atoms with Crippen molar-refractivity contribution in [2.24, 2.45) is 17.4 Å². The molecule has 0 fully saturated rings. The van der Waals surface area contributed by atoms with Crippen LogP contribution in [0.5, 0.6) is 0 Å². The molecule has 0 saturated carbocycles. The van der Waals surface area contributed by atoms with E-state index in [4.69, 9.17) is 11.5 Å². The second kappa shape index (κ2) is 6.62. The van der Waals surface area contributed by atoms with Crippen molar-refractivity contribution in [1.82, 2.24) is 0 Å². The van der Waals surface area contributed by atoms with Gasteiger partial charge in [-0.25, -0.2) is 0 Å². The summed E-state index contributed by atoms with van der Waals surface area (Å²) < 4.78 is 0. The minimum atomic E-state index is 0.381. The van der Waals surface area contributed by atoms with Gasteiger partial charge in [-0.3, -0.25) is 0 Å². The molecule has 0 spiro atoms. The van der Waals surface area contributed by atoms with Crippen LogP contribution in [0.1, 0.15) is 39.5 Å². The summed E-state index contributed by atoms with van der Waals surface area (Å²) in [6, 6.07) is 0.381. The van der Waals surface area contributed by atoms with E-state index in [1.54, 1.807) is 0 Å². The second-order valence-electron chi connectivity index (χ2n) is 3.26. The van der Waals surface area contributed by atoms with Crippen LogP contribution in [0.4, 0.5) is 0 Å². The van der Waals surface area contributed by atoms with Gasteiger partial charge in [0.25, 0.3) is 0 Å². The van der Waals surface area contributed by atoms with Crippen LogP contribution in [0.25, 0.3) is 0 Å². The van der Waals surface area contributed by atoms with Crippen LogP contribution in [0, 0.1) is 5.92 Å². The molecule has 0 aromatic heterocycles. The van der Waals surface area contributed by atoms with Gasteiger partial charge in [-0.1, -0.05) is 20.3 Å². The van der Waals surface area contributed by atoms with Crippen LogP contribution in [0.15, 0.2) is 0 Å². The highest BCUT2D eigenvalue weighted by molar-refractivity contribution is 4.66. The van der Waals surface area contributed by atoms with Gasteiger partial charge in [0.15, 0.2) is 0 Å². The molecule has 0 radical (unpaired) electrons. The molecule has 0 aromatic rings. The predicted molar refractivity (Wildman–Crippen MR) is 50.3 cm³/mol. The maximum absolute atomic E-state index is 5.84. The predicted octanol–water partition coefficient (Wildman–Crippen LogP) is 1.49. The Morgan fingerprint density at radius 1 is 1.18 bits per heavy atom. The first-order valence-electron chi connectivity index (χ1n) is 4.70. The Morgan fingerprint density at radius 2 is 1.82 bits per heavy atom. The first kappa shape index (κ1) is 10.9. The van der Waals surface area contributed by atoms with Gasteiger partial charge in [0.1, 0.15) is 0 Å². The summed E-state index contributed by atoms with van der Waals surface area (Å²) in [6.45, 7) is 5.15. The van der Waals surface area contributed by atoms with Crippen LogP contribution in [0.3, 0.4) is 0 Å². The first-order chi connectivity index (χ1) is 5.24. The van der Waals surface area contributed by atoms with Gasteiger partial charge in [-0.15, -0.1) is 0 Å². The first-order valence-corrected chi connectivity index (χ1v) is 4.70. The Morgan fingerprint density at radius 3 is 2.18 bits per heavy atom. The normalized spacial score (nSPS) is 16.4. The van der Waals surface area contributed by atoms with Gasteiger partial charge in [0, 0.05) is 6.04 Å². The summed E-state index contributed by atoms with van der Waals surface area (Å²) in [5.74, 6) is 0.745. The average Bonchev–Trinajstić information content (AvgIpc) is 2.03. The SMILES string of the molecule is CCC(N)CC(CC)CCN. The molecular formula is C9H22N2. The van der Waals surface area contributed by atoms with E-state index in [0.29, 0.717) is 6.04 Å². The van der Waals surface area contributed by atoms with E-state index >= 15 is 0 Å². The highest BCUT2D eigenvalue weighted by Gasteiger charge is 2.08. The Balaban J connectivity index is 3.49. The van der Waals surface area contributed by atoms with Crippen molar-refractivity contribution in [2.45, 2.75) is 45.6 Å². The van der Waals surface area contributed by atoms with Crippen LogP contribution in [-0.2, 0) is 0 Å². The van der Waals surface area contributed by atoms with E-state index in [-0.39, 0.29) is 0 Å². The van der Waals surface area contributed by atoms with Crippen molar-refractivity contribution in [1.29, 1.82) is 0 Å². The standard InChI is InChI=1S/C9H22N2/c1-3-8(5-6-10)7-9(11)4-2/h8-9H,3-7,10-11H2,1-2H3. The van der Waals surface area contributed by atoms with Gasteiger partial charge in [0.2, 0.25) is 0 Å². The third-order valence-corrected chi connectivity index (χ3v) is 2.31. The van der Waals surface area contributed by atoms with Crippen LogP contribution in [-0.4, -0.2) is 12.6 Å². The van der Waals surface area contributed by atoms with Crippen molar-refractivity contribution in [3.05, 3.63) is 0 Å². The van der Waals surface area contributed by atoms with E-state index in [1.807, 2.05) is 0 Å². The second-order valence-corrected chi connectivity index (χ2v) is 3.26. The number of hydrogen-bond donors (Lipinski definition) is 2. The van der Waals surface area contributed by atoms with Gasteiger partial charge in [-0.2, -0.15) is 0 Å². The van der Waals surface area contributed by atoms with E-state index in [0.717, 1.165) is 31.7 Å². The number of hydrogen-bond acceptors (Lipinski definition) is 2. The van der Waals surface area contributed by atoms with Crippen LogP contribution >= 0.6 is 0 Å². The molecule has 0 saturated heterocycles. The minimum Gasteiger partial charge on any atom is -0.330 e. The monoisotopic (exact) mass is 158 g/mol. The van der Waals surface area contributed by atoms with Crippen LogP contribution in [0.2, 0.25) is 0 Å². The van der Waals surface area contributed by atoms with Crippen molar-refractivity contribution >= 4 is 0 Å². The van der Waals surface area contributed by atoms with Crippen molar-refractivity contribution < 1.29 is 0 Å². The number of nitrogens with two attached hydrogens (primary N) is 2. The molecule has 2 nitrogen and oxygen atoms in total. The molecule has 0 aliphatic carbocycles. The lowest BCUT2D eigenvalue weighted by Crippen LogP contribution is -2.23. The summed E-state index contributed by atoms with van der Waals surface area (Å²) in [5, 5.41) is 0. The summed E-state index contributed by atoms with van der Waals surface area (Å²) in [5.41, 5.74) is 11.3. The summed E-state index contributed by atoms with van der Waals surface area (Å²) in [4.78, 5) is 0. The molecule has 2 unspecified atom stereocenters. The average molecular weight is 158 g/mol. The lowest BCUT2D eigenvalue weighted by atomic mass is 9.93. The maximum Gasteiger partial charge on any atom is 0.00388 e. The molecule has 2 heteroatoms. The molecule has 11 heavy (non-hydrogen) atoms. The third kappa shape index (κ3) is 5.22. The zero-order chi connectivity index (χ0) is 8.69. The summed E-state index contributed by atoms with van der Waals surface area (Å²) in [7, 11) is 0. The lowest BCUT2D eigenvalue weighted by molar-refractivity contribution is 0.395. The highest BCUT2D eigenvalue weighted by Crippen LogP contribution is 2.14. The quantitative estimate of drug-likeness (QED) is 0.615. The smallest absolute Gasteiger partial charge is 0.00388 e. The highest BCUT2D eigenvalue weighted by atomic mass is 14.6. The fourth-order valence-corrected chi connectivity index (χ4v) is 1.32. The molecule has 0 aromatic carbocycles. The van der Waals surface area contributed by atoms with E-state index < -0.39 is 0 Å². The molecular weight excluding hydrogens is 136 g/mol.